The number of benzene rings is 1. The second-order valence-corrected chi connectivity index (χ2v) is 4.73. The highest BCUT2D eigenvalue weighted by atomic mass is 16.5. The molecule has 0 unspecified atom stereocenters. The number of anilines is 1. The Morgan fingerprint density at radius 2 is 1.95 bits per heavy atom. The van der Waals surface area contributed by atoms with Crippen LogP contribution in [0.25, 0.3) is 0 Å². The average Bonchev–Trinajstić information content (AvgIpc) is 2.50. The van der Waals surface area contributed by atoms with Crippen molar-refractivity contribution in [1.82, 2.24) is 0 Å². The van der Waals surface area contributed by atoms with Gasteiger partial charge in [-0.3, -0.25) is 4.79 Å². The smallest absolute Gasteiger partial charge is 0.161 e. The third-order valence-corrected chi connectivity index (χ3v) is 3.19. The van der Waals surface area contributed by atoms with Crippen molar-refractivity contribution in [2.24, 2.45) is 0 Å². The molecule has 1 rings (SSSR count). The Labute approximate surface area is 126 Å². The Hall–Kier alpha value is -1.90. The van der Waals surface area contributed by atoms with Gasteiger partial charge >= 0.3 is 0 Å². The predicted molar refractivity (Wildman–Crippen MR) is 81.7 cm³/mol. The molecule has 0 aliphatic heterocycles. The molecule has 1 aromatic rings. The van der Waals surface area contributed by atoms with Gasteiger partial charge < -0.3 is 14.4 Å². The van der Waals surface area contributed by atoms with Crippen LogP contribution in [0.3, 0.4) is 0 Å². The molecule has 0 amide bonds. The fourth-order valence-corrected chi connectivity index (χ4v) is 2.11. The van der Waals surface area contributed by atoms with E-state index in [1.807, 2.05) is 0 Å². The summed E-state index contributed by atoms with van der Waals surface area (Å²) >= 11 is 0. The molecule has 0 aliphatic carbocycles. The molecule has 0 atom stereocenters. The molecule has 0 radical (unpaired) electrons. The number of nitriles is 1. The third-order valence-electron chi connectivity index (χ3n) is 3.19. The Bertz CT molecular complexity index is 509. The zero-order valence-corrected chi connectivity index (χ0v) is 12.9. The lowest BCUT2D eigenvalue weighted by atomic mass is 10.0. The van der Waals surface area contributed by atoms with E-state index in [1.165, 1.54) is 6.92 Å². The number of hydrogen-bond donors (Lipinski definition) is 0. The molecule has 0 bridgehead atoms. The van der Waals surface area contributed by atoms with E-state index in [4.69, 9.17) is 14.7 Å². The first-order chi connectivity index (χ1) is 10.1. The number of carbonyl (C=O) groups is 1. The highest BCUT2D eigenvalue weighted by Crippen LogP contribution is 2.23. The average molecular weight is 290 g/mol. The Balaban J connectivity index is 3.07. The van der Waals surface area contributed by atoms with E-state index < -0.39 is 0 Å². The van der Waals surface area contributed by atoms with E-state index in [-0.39, 0.29) is 5.78 Å². The van der Waals surface area contributed by atoms with Crippen molar-refractivity contribution >= 4 is 11.5 Å². The summed E-state index contributed by atoms with van der Waals surface area (Å²) in [7, 11) is 3.31. The summed E-state index contributed by atoms with van der Waals surface area (Å²) in [6, 6.07) is 7.27. The lowest BCUT2D eigenvalue weighted by Gasteiger charge is -2.26. The molecular weight excluding hydrogens is 268 g/mol. The third kappa shape index (κ3) is 5.18. The quantitative estimate of drug-likeness (QED) is 0.515. The molecule has 21 heavy (non-hydrogen) atoms. The number of carbonyl (C=O) groups excluding carboxylic acids is 1. The minimum atomic E-state index is -0.0105. The van der Waals surface area contributed by atoms with Crippen LogP contribution < -0.4 is 4.90 Å². The van der Waals surface area contributed by atoms with E-state index in [9.17, 15) is 4.79 Å². The second kappa shape index (κ2) is 9.11. The van der Waals surface area contributed by atoms with E-state index in [2.05, 4.69) is 11.0 Å². The lowest BCUT2D eigenvalue weighted by molar-refractivity contribution is 0.101. The van der Waals surface area contributed by atoms with Gasteiger partial charge in [0.25, 0.3) is 0 Å². The van der Waals surface area contributed by atoms with E-state index in [0.29, 0.717) is 30.9 Å². The Morgan fingerprint density at radius 3 is 2.52 bits per heavy atom. The van der Waals surface area contributed by atoms with Gasteiger partial charge in [0.15, 0.2) is 5.78 Å². The molecular formula is C16H22N2O3. The van der Waals surface area contributed by atoms with Crippen molar-refractivity contribution in [2.45, 2.75) is 13.3 Å². The summed E-state index contributed by atoms with van der Waals surface area (Å²) in [4.78, 5) is 13.9. The van der Waals surface area contributed by atoms with Crippen LogP contribution in [0.5, 0.6) is 0 Å². The van der Waals surface area contributed by atoms with Crippen LogP contribution in [0.1, 0.15) is 29.3 Å². The predicted octanol–water partition coefficient (Wildman–Crippen LogP) is 2.25. The van der Waals surface area contributed by atoms with Crippen LogP contribution in [-0.2, 0) is 9.47 Å². The van der Waals surface area contributed by atoms with Crippen LogP contribution in [0, 0.1) is 11.3 Å². The molecule has 0 heterocycles. The van der Waals surface area contributed by atoms with Gasteiger partial charge in [-0.25, -0.2) is 0 Å². The van der Waals surface area contributed by atoms with Gasteiger partial charge in [0.1, 0.15) is 0 Å². The molecule has 0 fully saturated rings. The van der Waals surface area contributed by atoms with Crippen molar-refractivity contribution in [3.05, 3.63) is 29.3 Å². The van der Waals surface area contributed by atoms with Crippen molar-refractivity contribution in [1.29, 1.82) is 5.26 Å². The minimum absolute atomic E-state index is 0.0105. The van der Waals surface area contributed by atoms with E-state index in [1.54, 1.807) is 32.4 Å². The van der Waals surface area contributed by atoms with Crippen molar-refractivity contribution in [3.8, 4) is 6.07 Å². The summed E-state index contributed by atoms with van der Waals surface area (Å²) in [6.45, 7) is 4.15. The number of rotatable bonds is 9. The van der Waals surface area contributed by atoms with Gasteiger partial charge in [-0.15, -0.1) is 0 Å². The van der Waals surface area contributed by atoms with Gasteiger partial charge in [-0.1, -0.05) is 0 Å². The van der Waals surface area contributed by atoms with Crippen molar-refractivity contribution in [2.75, 3.05) is 45.4 Å². The van der Waals surface area contributed by atoms with Crippen LogP contribution in [0.4, 0.5) is 5.69 Å². The van der Waals surface area contributed by atoms with Crippen LogP contribution in [-0.4, -0.2) is 46.3 Å². The maximum absolute atomic E-state index is 11.8. The molecule has 5 heteroatoms. The summed E-state index contributed by atoms with van der Waals surface area (Å²) in [6.07, 6.45) is 0.842. The largest absolute Gasteiger partial charge is 0.385 e. The second-order valence-electron chi connectivity index (χ2n) is 4.73. The standard InChI is InChI=1S/C16H22N2O3/c1-13(19)15-6-5-14(12-17)11-16(15)18(8-10-21-3)7-4-9-20-2/h5-6,11H,4,7-10H2,1-3H3. The summed E-state index contributed by atoms with van der Waals surface area (Å²) in [5.41, 5.74) is 1.96. The van der Waals surface area contributed by atoms with E-state index in [0.717, 1.165) is 18.7 Å². The number of Topliss-reactive ketones (excluding diaryl/α,β-unsaturated/α-hetero) is 1. The van der Waals surface area contributed by atoms with Gasteiger partial charge in [0.05, 0.1) is 18.2 Å². The first kappa shape index (κ1) is 17.2. The summed E-state index contributed by atoms with van der Waals surface area (Å²) < 4.78 is 10.2. The molecule has 0 aliphatic rings. The number of nitrogens with zero attached hydrogens (tertiary/aromatic N) is 2. The highest BCUT2D eigenvalue weighted by molar-refractivity contribution is 6.00. The van der Waals surface area contributed by atoms with Gasteiger partial charge in [-0.2, -0.15) is 5.26 Å². The maximum atomic E-state index is 11.8. The molecule has 114 valence electrons. The number of hydrogen-bond acceptors (Lipinski definition) is 5. The van der Waals surface area contributed by atoms with E-state index >= 15 is 0 Å². The summed E-state index contributed by atoms with van der Waals surface area (Å²) in [5.74, 6) is -0.0105. The molecule has 0 saturated carbocycles. The number of ketones is 1. The zero-order valence-electron chi connectivity index (χ0n) is 12.9. The van der Waals surface area contributed by atoms with Crippen LogP contribution >= 0.6 is 0 Å². The molecule has 0 N–H and O–H groups in total. The maximum Gasteiger partial charge on any atom is 0.161 e. The number of ether oxygens (including phenoxy) is 2. The first-order valence-corrected chi connectivity index (χ1v) is 6.92. The topological polar surface area (TPSA) is 62.6 Å². The monoisotopic (exact) mass is 290 g/mol. The molecule has 0 saturated heterocycles. The molecule has 0 aromatic heterocycles. The fraction of sp³-hybridized carbons (Fsp3) is 0.500. The fourth-order valence-electron chi connectivity index (χ4n) is 2.11. The van der Waals surface area contributed by atoms with Gasteiger partial charge in [0.2, 0.25) is 0 Å². The molecule has 1 aromatic carbocycles. The first-order valence-electron chi connectivity index (χ1n) is 6.92. The number of methoxy groups -OCH3 is 2. The van der Waals surface area contributed by atoms with Crippen molar-refractivity contribution in [3.63, 3.8) is 0 Å². The lowest BCUT2D eigenvalue weighted by Crippen LogP contribution is -2.30. The van der Waals surface area contributed by atoms with Gasteiger partial charge in [-0.05, 0) is 31.5 Å². The Kier molecular flexibility index (Phi) is 7.44. The van der Waals surface area contributed by atoms with Crippen LogP contribution in [0.2, 0.25) is 0 Å². The molecule has 5 nitrogen and oxygen atoms in total. The minimum Gasteiger partial charge on any atom is -0.385 e. The Morgan fingerprint density at radius 1 is 1.24 bits per heavy atom. The summed E-state index contributed by atoms with van der Waals surface area (Å²) in [5, 5.41) is 9.07. The molecule has 0 spiro atoms. The van der Waals surface area contributed by atoms with Gasteiger partial charge in [0, 0.05) is 45.2 Å². The zero-order chi connectivity index (χ0) is 15.7. The van der Waals surface area contributed by atoms with Crippen LogP contribution in [0.15, 0.2) is 18.2 Å². The SMILES string of the molecule is COCCCN(CCOC)c1cc(C#N)ccc1C(C)=O. The highest BCUT2D eigenvalue weighted by Gasteiger charge is 2.15. The normalized spacial score (nSPS) is 10.2. The van der Waals surface area contributed by atoms with Crippen molar-refractivity contribution < 1.29 is 14.3 Å².